The van der Waals surface area contributed by atoms with Crippen molar-refractivity contribution >= 4 is 18.0 Å². The lowest BCUT2D eigenvalue weighted by molar-refractivity contribution is -0.596. The molecule has 0 unspecified atom stereocenters. The molecule has 0 aromatic heterocycles. The molecule has 3 aromatic carbocycles. The monoisotopic (exact) mass is 442 g/mol. The lowest BCUT2D eigenvalue weighted by Gasteiger charge is -2.15. The number of nitrogens with zero attached hydrogens (tertiary/aromatic N) is 1. The summed E-state index contributed by atoms with van der Waals surface area (Å²) in [6.07, 6.45) is 1.87. The van der Waals surface area contributed by atoms with Crippen LogP contribution in [-0.2, 0) is 4.79 Å². The summed E-state index contributed by atoms with van der Waals surface area (Å²) in [5.74, 6) is 0.247. The van der Waals surface area contributed by atoms with Gasteiger partial charge in [0, 0.05) is 16.7 Å². The quantitative estimate of drug-likeness (QED) is 0.572. The van der Waals surface area contributed by atoms with Crippen molar-refractivity contribution < 1.29 is 19.0 Å². The third-order valence-corrected chi connectivity index (χ3v) is 5.64. The number of aryl methyl sites for hydroxylation is 2. The van der Waals surface area contributed by atoms with Gasteiger partial charge >= 0.3 is 5.91 Å². The highest BCUT2D eigenvalue weighted by Gasteiger charge is 2.47. The van der Waals surface area contributed by atoms with Crippen LogP contribution in [0.3, 0.4) is 0 Å². The molecule has 33 heavy (non-hydrogen) atoms. The summed E-state index contributed by atoms with van der Waals surface area (Å²) < 4.78 is 7.28. The number of hydrogen-bond donors (Lipinski definition) is 2. The number of amides is 2. The van der Waals surface area contributed by atoms with E-state index in [0.29, 0.717) is 12.2 Å². The maximum atomic E-state index is 13.0. The lowest BCUT2D eigenvalue weighted by Crippen LogP contribution is -2.42. The molecule has 2 amide bonds. The summed E-state index contributed by atoms with van der Waals surface area (Å²) in [6, 6.07) is 21.8. The predicted octanol–water partition coefficient (Wildman–Crippen LogP) is 3.72. The molecule has 2 atom stereocenters. The Hall–Kier alpha value is -3.93. The van der Waals surface area contributed by atoms with Crippen LogP contribution in [0.25, 0.3) is 0 Å². The Kier molecular flexibility index (Phi) is 6.54. The van der Waals surface area contributed by atoms with Crippen LogP contribution in [0.15, 0.2) is 72.8 Å². The van der Waals surface area contributed by atoms with Crippen LogP contribution < -0.4 is 15.5 Å². The van der Waals surface area contributed by atoms with Gasteiger partial charge in [-0.05, 0) is 57.2 Å². The van der Waals surface area contributed by atoms with Crippen molar-refractivity contribution in [2.45, 2.75) is 32.9 Å². The van der Waals surface area contributed by atoms with E-state index in [9.17, 15) is 9.59 Å². The van der Waals surface area contributed by atoms with Crippen molar-refractivity contribution in [2.75, 3.05) is 6.61 Å². The fourth-order valence-corrected chi connectivity index (χ4v) is 3.85. The van der Waals surface area contributed by atoms with Gasteiger partial charge < -0.3 is 10.1 Å². The number of rotatable bonds is 6. The van der Waals surface area contributed by atoms with Crippen LogP contribution >= 0.6 is 0 Å². The first kappa shape index (κ1) is 22.3. The minimum Gasteiger partial charge on any atom is -0.494 e. The van der Waals surface area contributed by atoms with Gasteiger partial charge in [0.2, 0.25) is 12.3 Å². The Bertz CT molecular complexity index is 1170. The van der Waals surface area contributed by atoms with Gasteiger partial charge in [-0.1, -0.05) is 47.5 Å². The average molecular weight is 443 g/mol. The molecule has 3 aromatic rings. The number of carbonyl (C=O) groups is 2. The summed E-state index contributed by atoms with van der Waals surface area (Å²) in [4.78, 5) is 25.9. The highest BCUT2D eigenvalue weighted by molar-refractivity contribution is 5.98. The fourth-order valence-electron chi connectivity index (χ4n) is 3.85. The molecule has 6 heteroatoms. The zero-order valence-electron chi connectivity index (χ0n) is 19.0. The number of hydrogen-bond acceptors (Lipinski definition) is 3. The van der Waals surface area contributed by atoms with E-state index >= 15 is 0 Å². The third kappa shape index (κ3) is 5.12. The van der Waals surface area contributed by atoms with Crippen molar-refractivity contribution in [1.82, 2.24) is 10.7 Å². The van der Waals surface area contributed by atoms with Gasteiger partial charge in [0.15, 0.2) is 6.04 Å². The van der Waals surface area contributed by atoms with Crippen LogP contribution in [0.2, 0.25) is 0 Å². The average Bonchev–Trinajstić information content (AvgIpc) is 3.10. The molecule has 168 valence electrons. The zero-order valence-corrected chi connectivity index (χ0v) is 19.0. The van der Waals surface area contributed by atoms with Gasteiger partial charge in [0.1, 0.15) is 5.75 Å². The standard InChI is InChI=1S/C27H27N3O3/c1-4-33-23-15-9-20(10-16-23)17-30-25(21-11-5-18(2)6-12-21)24(27(32)29-30)28-26(31)22-13-7-19(3)8-14-22/h5-17,24-25H,4H2,1-3H3,(H-,28,29,31,32)/p+1/b30-17-/t24-,25+/m1/s1. The molecule has 4 rings (SSSR count). The molecule has 0 saturated carbocycles. The summed E-state index contributed by atoms with van der Waals surface area (Å²) in [5.41, 5.74) is 7.45. The highest BCUT2D eigenvalue weighted by atomic mass is 16.5. The largest absolute Gasteiger partial charge is 0.494 e. The van der Waals surface area contributed by atoms with Crippen molar-refractivity contribution in [1.29, 1.82) is 0 Å². The molecule has 0 spiro atoms. The number of ether oxygens (including phenoxy) is 1. The van der Waals surface area contributed by atoms with Crippen LogP contribution in [0, 0.1) is 13.8 Å². The Labute approximate surface area is 193 Å². The third-order valence-electron chi connectivity index (χ3n) is 5.64. The number of carbonyl (C=O) groups excluding carboxylic acids is 2. The predicted molar refractivity (Wildman–Crippen MR) is 128 cm³/mol. The Balaban J connectivity index is 1.66. The lowest BCUT2D eigenvalue weighted by atomic mass is 9.98. The molecule has 0 bridgehead atoms. The normalized spacial score (nSPS) is 18.8. The van der Waals surface area contributed by atoms with E-state index in [1.165, 1.54) is 0 Å². The van der Waals surface area contributed by atoms with Gasteiger partial charge in [-0.3, -0.25) is 9.59 Å². The molecule has 1 aliphatic rings. The second-order valence-electron chi connectivity index (χ2n) is 8.19. The number of benzene rings is 3. The van der Waals surface area contributed by atoms with E-state index in [-0.39, 0.29) is 11.8 Å². The van der Waals surface area contributed by atoms with E-state index in [2.05, 4.69) is 10.7 Å². The molecule has 0 radical (unpaired) electrons. The SMILES string of the molecule is CCOc1ccc(/C=[N+]2\NC(=O)[C@H](NC(=O)c3ccc(C)cc3)[C@@H]2c2ccc(C)cc2)cc1. The van der Waals surface area contributed by atoms with E-state index < -0.39 is 12.1 Å². The Morgan fingerprint density at radius 2 is 1.58 bits per heavy atom. The molecule has 1 fully saturated rings. The topological polar surface area (TPSA) is 70.4 Å². The second-order valence-corrected chi connectivity index (χ2v) is 8.19. The van der Waals surface area contributed by atoms with E-state index in [1.807, 2.05) is 87.6 Å². The van der Waals surface area contributed by atoms with Gasteiger partial charge in [0.25, 0.3) is 5.91 Å². The first-order chi connectivity index (χ1) is 15.9. The summed E-state index contributed by atoms with van der Waals surface area (Å²) in [6.45, 7) is 6.52. The summed E-state index contributed by atoms with van der Waals surface area (Å²) in [7, 11) is 0. The second kappa shape index (κ2) is 9.69. The van der Waals surface area contributed by atoms with Crippen LogP contribution in [-0.4, -0.2) is 35.4 Å². The van der Waals surface area contributed by atoms with E-state index in [0.717, 1.165) is 28.0 Å². The zero-order chi connectivity index (χ0) is 23.4. The molecule has 1 saturated heterocycles. The number of hydrazine groups is 1. The van der Waals surface area contributed by atoms with Crippen molar-refractivity contribution in [2.24, 2.45) is 0 Å². The Morgan fingerprint density at radius 3 is 2.18 bits per heavy atom. The molecule has 0 aliphatic carbocycles. The van der Waals surface area contributed by atoms with Gasteiger partial charge in [0.05, 0.1) is 6.61 Å². The van der Waals surface area contributed by atoms with Crippen LogP contribution in [0.4, 0.5) is 0 Å². The maximum absolute atomic E-state index is 13.0. The molecule has 1 aliphatic heterocycles. The van der Waals surface area contributed by atoms with Gasteiger partial charge in [-0.25, -0.2) is 0 Å². The van der Waals surface area contributed by atoms with Gasteiger partial charge in [-0.2, -0.15) is 0 Å². The first-order valence-electron chi connectivity index (χ1n) is 11.1. The molecular weight excluding hydrogens is 414 g/mol. The van der Waals surface area contributed by atoms with Crippen molar-refractivity contribution in [3.8, 4) is 5.75 Å². The summed E-state index contributed by atoms with van der Waals surface area (Å²) in [5, 5.41) is 2.94. The highest BCUT2D eigenvalue weighted by Crippen LogP contribution is 2.26. The Morgan fingerprint density at radius 1 is 0.970 bits per heavy atom. The molecule has 2 N–H and O–H groups in total. The van der Waals surface area contributed by atoms with Crippen LogP contribution in [0.5, 0.6) is 5.75 Å². The molecular formula is C27H28N3O3+. The summed E-state index contributed by atoms with van der Waals surface area (Å²) >= 11 is 0. The van der Waals surface area contributed by atoms with Crippen molar-refractivity contribution in [3.63, 3.8) is 0 Å². The minimum atomic E-state index is -0.750. The van der Waals surface area contributed by atoms with E-state index in [4.69, 9.17) is 4.74 Å². The van der Waals surface area contributed by atoms with Crippen molar-refractivity contribution in [3.05, 3.63) is 101 Å². The van der Waals surface area contributed by atoms with Crippen LogP contribution in [0.1, 0.15) is 45.6 Å². The first-order valence-corrected chi connectivity index (χ1v) is 11.1. The fraction of sp³-hybridized carbons (Fsp3) is 0.222. The molecule has 1 heterocycles. The smallest absolute Gasteiger partial charge is 0.304 e. The van der Waals surface area contributed by atoms with E-state index in [1.54, 1.807) is 16.8 Å². The number of nitrogens with one attached hydrogen (secondary N) is 2. The maximum Gasteiger partial charge on any atom is 0.304 e. The van der Waals surface area contributed by atoms with Gasteiger partial charge in [-0.15, -0.1) is 10.1 Å². The minimum absolute atomic E-state index is 0.261. The number of hydrazone groups is 1. The molecule has 6 nitrogen and oxygen atoms in total.